The van der Waals surface area contributed by atoms with Crippen molar-refractivity contribution in [2.75, 3.05) is 6.54 Å². The summed E-state index contributed by atoms with van der Waals surface area (Å²) in [5.74, 6) is 0.161. The van der Waals surface area contributed by atoms with Gasteiger partial charge in [0.1, 0.15) is 29.4 Å². The fraction of sp³-hybridized carbons (Fsp3) is 0.318. The van der Waals surface area contributed by atoms with Gasteiger partial charge in [0.2, 0.25) is 5.91 Å². The molecule has 1 heterocycles. The standard InChI is InChI=1S/C22H22FN3O4/c1-22(15-4-5-15)20(28)26(21(29)25-22)13-19(27)24-12-14-2-8-17(9-3-14)30-18-10-6-16(23)7-11-18/h2-3,6-11,15H,4-5,12-13H2,1H3,(H,24,27)(H,25,29)/t22-/m1/s1. The van der Waals surface area contributed by atoms with Gasteiger partial charge in [-0.05, 0) is 67.6 Å². The molecule has 0 spiro atoms. The first-order chi connectivity index (χ1) is 14.3. The average Bonchev–Trinajstić information content (AvgIpc) is 3.55. The second kappa shape index (κ2) is 7.78. The van der Waals surface area contributed by atoms with Crippen LogP contribution < -0.4 is 15.4 Å². The van der Waals surface area contributed by atoms with Crippen molar-refractivity contribution in [2.24, 2.45) is 5.92 Å². The minimum absolute atomic E-state index is 0.151. The number of hydrogen-bond acceptors (Lipinski definition) is 4. The molecule has 156 valence electrons. The van der Waals surface area contributed by atoms with E-state index in [9.17, 15) is 18.8 Å². The van der Waals surface area contributed by atoms with Crippen LogP contribution >= 0.6 is 0 Å². The van der Waals surface area contributed by atoms with Gasteiger partial charge in [-0.3, -0.25) is 14.5 Å². The van der Waals surface area contributed by atoms with Crippen molar-refractivity contribution >= 4 is 17.8 Å². The summed E-state index contributed by atoms with van der Waals surface area (Å²) >= 11 is 0. The minimum Gasteiger partial charge on any atom is -0.457 e. The summed E-state index contributed by atoms with van der Waals surface area (Å²) in [7, 11) is 0. The monoisotopic (exact) mass is 411 g/mol. The van der Waals surface area contributed by atoms with E-state index in [2.05, 4.69) is 10.6 Å². The summed E-state index contributed by atoms with van der Waals surface area (Å²) in [5, 5.41) is 5.44. The predicted molar refractivity (Wildman–Crippen MR) is 106 cm³/mol. The van der Waals surface area contributed by atoms with Gasteiger partial charge in [-0.1, -0.05) is 12.1 Å². The fourth-order valence-electron chi connectivity index (χ4n) is 3.51. The lowest BCUT2D eigenvalue weighted by Crippen LogP contribution is -2.46. The largest absolute Gasteiger partial charge is 0.457 e. The molecular formula is C22H22FN3O4. The molecule has 1 aliphatic heterocycles. The third-order valence-corrected chi connectivity index (χ3v) is 5.46. The molecule has 0 unspecified atom stereocenters. The van der Waals surface area contributed by atoms with E-state index in [1.165, 1.54) is 24.3 Å². The van der Waals surface area contributed by atoms with E-state index in [1.54, 1.807) is 31.2 Å². The lowest BCUT2D eigenvalue weighted by Gasteiger charge is -2.20. The highest BCUT2D eigenvalue weighted by Crippen LogP contribution is 2.42. The Morgan fingerprint density at radius 2 is 1.73 bits per heavy atom. The number of imide groups is 1. The van der Waals surface area contributed by atoms with Crippen molar-refractivity contribution in [3.8, 4) is 11.5 Å². The highest BCUT2D eigenvalue weighted by molar-refractivity contribution is 6.09. The number of rotatable bonds is 7. The summed E-state index contributed by atoms with van der Waals surface area (Å²) in [6.07, 6.45) is 1.81. The topological polar surface area (TPSA) is 87.7 Å². The van der Waals surface area contributed by atoms with Crippen LogP contribution in [-0.2, 0) is 16.1 Å². The maximum Gasteiger partial charge on any atom is 0.325 e. The Hall–Kier alpha value is -3.42. The third kappa shape index (κ3) is 4.12. The SMILES string of the molecule is C[C@]1(C2CC2)NC(=O)N(CC(=O)NCc2ccc(Oc3ccc(F)cc3)cc2)C1=O. The van der Waals surface area contributed by atoms with Crippen molar-refractivity contribution in [3.05, 3.63) is 59.9 Å². The Bertz CT molecular complexity index is 973. The maximum atomic E-state index is 12.9. The van der Waals surface area contributed by atoms with Gasteiger partial charge in [0.15, 0.2) is 0 Å². The minimum atomic E-state index is -0.891. The highest BCUT2D eigenvalue weighted by atomic mass is 19.1. The van der Waals surface area contributed by atoms with E-state index in [4.69, 9.17) is 4.74 Å². The number of nitrogens with zero attached hydrogens (tertiary/aromatic N) is 1. The number of benzene rings is 2. The number of nitrogens with one attached hydrogen (secondary N) is 2. The van der Waals surface area contributed by atoms with Crippen LogP contribution in [0.5, 0.6) is 11.5 Å². The van der Waals surface area contributed by atoms with Gasteiger partial charge in [-0.15, -0.1) is 0 Å². The first-order valence-electron chi connectivity index (χ1n) is 9.78. The van der Waals surface area contributed by atoms with Crippen molar-refractivity contribution in [1.29, 1.82) is 0 Å². The van der Waals surface area contributed by atoms with Crippen LogP contribution in [0.2, 0.25) is 0 Å². The van der Waals surface area contributed by atoms with Crippen LogP contribution in [0, 0.1) is 11.7 Å². The quantitative estimate of drug-likeness (QED) is 0.686. The molecular weight excluding hydrogens is 389 g/mol. The third-order valence-electron chi connectivity index (χ3n) is 5.46. The first kappa shape index (κ1) is 19.9. The van der Waals surface area contributed by atoms with Gasteiger partial charge >= 0.3 is 6.03 Å². The van der Waals surface area contributed by atoms with E-state index >= 15 is 0 Å². The number of hydrogen-bond donors (Lipinski definition) is 2. The number of carbonyl (C=O) groups is 3. The molecule has 4 amide bonds. The molecule has 1 saturated heterocycles. The summed E-state index contributed by atoms with van der Waals surface area (Å²) in [6.45, 7) is 1.66. The fourth-order valence-corrected chi connectivity index (χ4v) is 3.51. The van der Waals surface area contributed by atoms with Crippen LogP contribution in [0.3, 0.4) is 0 Å². The maximum absolute atomic E-state index is 12.9. The van der Waals surface area contributed by atoms with Crippen molar-refractivity contribution in [3.63, 3.8) is 0 Å². The first-order valence-corrected chi connectivity index (χ1v) is 9.78. The molecule has 2 aromatic carbocycles. The summed E-state index contributed by atoms with van der Waals surface area (Å²) in [5.41, 5.74) is -0.0626. The van der Waals surface area contributed by atoms with Crippen LogP contribution in [0.15, 0.2) is 48.5 Å². The number of ether oxygens (including phenoxy) is 1. The number of halogens is 1. The molecule has 0 radical (unpaired) electrons. The second-order valence-electron chi connectivity index (χ2n) is 7.77. The van der Waals surface area contributed by atoms with Gasteiger partial charge in [0.25, 0.3) is 5.91 Å². The molecule has 7 nitrogen and oxygen atoms in total. The number of carbonyl (C=O) groups excluding carboxylic acids is 3. The van der Waals surface area contributed by atoms with Gasteiger partial charge in [0, 0.05) is 6.54 Å². The Labute approximate surface area is 173 Å². The number of amides is 4. The zero-order valence-corrected chi connectivity index (χ0v) is 16.5. The molecule has 0 aromatic heterocycles. The molecule has 30 heavy (non-hydrogen) atoms. The molecule has 2 aliphatic rings. The molecule has 1 saturated carbocycles. The normalized spacial score (nSPS) is 20.8. The summed E-state index contributed by atoms with van der Waals surface area (Å²) in [4.78, 5) is 37.9. The Balaban J connectivity index is 1.28. The van der Waals surface area contributed by atoms with E-state index in [1.807, 2.05) is 0 Å². The van der Waals surface area contributed by atoms with Gasteiger partial charge in [-0.25, -0.2) is 9.18 Å². The van der Waals surface area contributed by atoms with Crippen molar-refractivity contribution in [2.45, 2.75) is 31.8 Å². The lowest BCUT2D eigenvalue weighted by molar-refractivity contribution is -0.135. The van der Waals surface area contributed by atoms with Gasteiger partial charge in [-0.2, -0.15) is 0 Å². The van der Waals surface area contributed by atoms with E-state index in [0.717, 1.165) is 23.3 Å². The van der Waals surface area contributed by atoms with Gasteiger partial charge in [0.05, 0.1) is 0 Å². The van der Waals surface area contributed by atoms with Gasteiger partial charge < -0.3 is 15.4 Å². The number of urea groups is 1. The molecule has 2 N–H and O–H groups in total. The van der Waals surface area contributed by atoms with Crippen LogP contribution in [0.4, 0.5) is 9.18 Å². The van der Waals surface area contributed by atoms with Crippen LogP contribution in [-0.4, -0.2) is 34.8 Å². The molecule has 4 rings (SSSR count). The molecule has 2 aromatic rings. The molecule has 2 fully saturated rings. The van der Waals surface area contributed by atoms with Crippen molar-refractivity contribution < 1.29 is 23.5 Å². The Kier molecular flexibility index (Phi) is 5.15. The van der Waals surface area contributed by atoms with Crippen LogP contribution in [0.1, 0.15) is 25.3 Å². The van der Waals surface area contributed by atoms with Crippen LogP contribution in [0.25, 0.3) is 0 Å². The predicted octanol–water partition coefficient (Wildman–Crippen LogP) is 2.95. The van der Waals surface area contributed by atoms with E-state index in [0.29, 0.717) is 11.5 Å². The molecule has 8 heteroatoms. The van der Waals surface area contributed by atoms with E-state index < -0.39 is 17.5 Å². The highest BCUT2D eigenvalue weighted by Gasteiger charge is 2.56. The van der Waals surface area contributed by atoms with Crippen molar-refractivity contribution in [1.82, 2.24) is 15.5 Å². The Morgan fingerprint density at radius 3 is 2.33 bits per heavy atom. The molecule has 1 atom stereocenters. The Morgan fingerprint density at radius 1 is 1.13 bits per heavy atom. The molecule has 1 aliphatic carbocycles. The van der Waals surface area contributed by atoms with E-state index in [-0.39, 0.29) is 30.7 Å². The zero-order chi connectivity index (χ0) is 21.3. The zero-order valence-electron chi connectivity index (χ0n) is 16.5. The summed E-state index contributed by atoms with van der Waals surface area (Å²) < 4.78 is 18.6. The summed E-state index contributed by atoms with van der Waals surface area (Å²) in [6, 6.07) is 12.2. The smallest absolute Gasteiger partial charge is 0.325 e. The molecule has 0 bridgehead atoms. The average molecular weight is 411 g/mol. The second-order valence-corrected chi connectivity index (χ2v) is 7.77. The lowest BCUT2D eigenvalue weighted by atomic mass is 9.96.